The molecule has 0 saturated heterocycles. The number of rotatable bonds is 4. The highest BCUT2D eigenvalue weighted by atomic mass is 19.1. The van der Waals surface area contributed by atoms with Crippen LogP contribution in [-0.2, 0) is 11.2 Å². The quantitative estimate of drug-likeness (QED) is 0.792. The van der Waals surface area contributed by atoms with Gasteiger partial charge in [-0.3, -0.25) is 0 Å². The average Bonchev–Trinajstić information content (AvgIpc) is 2.29. The van der Waals surface area contributed by atoms with Crippen LogP contribution in [0.15, 0.2) is 18.2 Å². The number of benzene rings is 1. The van der Waals surface area contributed by atoms with Crippen molar-refractivity contribution >= 4 is 0 Å². The zero-order valence-corrected chi connectivity index (χ0v) is 9.63. The summed E-state index contributed by atoms with van der Waals surface area (Å²) in [7, 11) is 0. The highest BCUT2D eigenvalue weighted by Crippen LogP contribution is 2.27. The third-order valence-corrected chi connectivity index (χ3v) is 2.90. The fraction of sp³-hybridized carbons (Fsp3) is 0.538. The first-order valence-corrected chi connectivity index (χ1v) is 5.92. The van der Waals surface area contributed by atoms with Gasteiger partial charge in [0.15, 0.2) is 0 Å². The molecule has 0 aromatic heterocycles. The molecule has 1 atom stereocenters. The SMILES string of the molecule is CCCNC[C@H]1OCCc2cc(F)ccc21. The summed E-state index contributed by atoms with van der Waals surface area (Å²) in [4.78, 5) is 0. The minimum absolute atomic E-state index is 0.0795. The molecular formula is C13H18FNO. The molecule has 0 radical (unpaired) electrons. The summed E-state index contributed by atoms with van der Waals surface area (Å²) < 4.78 is 18.8. The highest BCUT2D eigenvalue weighted by molar-refractivity contribution is 5.31. The van der Waals surface area contributed by atoms with Crippen LogP contribution in [0.1, 0.15) is 30.6 Å². The van der Waals surface area contributed by atoms with Gasteiger partial charge in [-0.15, -0.1) is 0 Å². The molecule has 88 valence electrons. The normalized spacial score (nSPS) is 19.5. The largest absolute Gasteiger partial charge is 0.372 e. The molecule has 3 heteroatoms. The number of ether oxygens (including phenoxy) is 1. The Labute approximate surface area is 95.8 Å². The van der Waals surface area contributed by atoms with Gasteiger partial charge in [0.25, 0.3) is 0 Å². The van der Waals surface area contributed by atoms with Crippen LogP contribution in [0.5, 0.6) is 0 Å². The van der Waals surface area contributed by atoms with Crippen molar-refractivity contribution in [1.82, 2.24) is 5.32 Å². The first-order valence-electron chi connectivity index (χ1n) is 5.92. The van der Waals surface area contributed by atoms with Crippen molar-refractivity contribution in [2.24, 2.45) is 0 Å². The minimum Gasteiger partial charge on any atom is -0.372 e. The van der Waals surface area contributed by atoms with Gasteiger partial charge in [0, 0.05) is 6.54 Å². The summed E-state index contributed by atoms with van der Waals surface area (Å²) in [6.45, 7) is 4.63. The van der Waals surface area contributed by atoms with Crippen molar-refractivity contribution < 1.29 is 9.13 Å². The van der Waals surface area contributed by atoms with E-state index in [1.807, 2.05) is 6.07 Å². The summed E-state index contributed by atoms with van der Waals surface area (Å²) in [6, 6.07) is 4.99. The second-order valence-electron chi connectivity index (χ2n) is 4.16. The predicted molar refractivity (Wildman–Crippen MR) is 62.0 cm³/mol. The van der Waals surface area contributed by atoms with E-state index in [1.165, 1.54) is 6.07 Å². The van der Waals surface area contributed by atoms with E-state index in [9.17, 15) is 4.39 Å². The molecule has 2 nitrogen and oxygen atoms in total. The number of hydrogen-bond donors (Lipinski definition) is 1. The lowest BCUT2D eigenvalue weighted by molar-refractivity contribution is 0.0425. The summed E-state index contributed by atoms with van der Waals surface area (Å²) in [6.07, 6.45) is 2.01. The third kappa shape index (κ3) is 2.60. The van der Waals surface area contributed by atoms with Crippen molar-refractivity contribution in [3.8, 4) is 0 Å². The molecule has 0 saturated carbocycles. The van der Waals surface area contributed by atoms with Crippen LogP contribution in [0.4, 0.5) is 4.39 Å². The van der Waals surface area contributed by atoms with Crippen molar-refractivity contribution in [3.05, 3.63) is 35.1 Å². The molecule has 0 aliphatic carbocycles. The number of nitrogens with one attached hydrogen (secondary N) is 1. The van der Waals surface area contributed by atoms with Gasteiger partial charge in [0.05, 0.1) is 12.7 Å². The molecule has 1 aromatic carbocycles. The Morgan fingerprint density at radius 1 is 1.50 bits per heavy atom. The number of halogens is 1. The lowest BCUT2D eigenvalue weighted by Crippen LogP contribution is -2.28. The monoisotopic (exact) mass is 223 g/mol. The van der Waals surface area contributed by atoms with Crippen LogP contribution in [0.2, 0.25) is 0 Å². The average molecular weight is 223 g/mol. The molecule has 0 amide bonds. The van der Waals surface area contributed by atoms with Crippen LogP contribution in [-0.4, -0.2) is 19.7 Å². The molecule has 0 spiro atoms. The van der Waals surface area contributed by atoms with E-state index < -0.39 is 0 Å². The molecular weight excluding hydrogens is 205 g/mol. The first kappa shape index (κ1) is 11.6. The van der Waals surface area contributed by atoms with Gasteiger partial charge in [-0.25, -0.2) is 4.39 Å². The Hall–Kier alpha value is -0.930. The molecule has 1 N–H and O–H groups in total. The molecule has 1 heterocycles. The standard InChI is InChI=1S/C13H18FNO/c1-2-6-15-9-13-12-4-3-11(14)8-10(12)5-7-16-13/h3-4,8,13,15H,2,5-7,9H2,1H3/t13-/m1/s1. The Balaban J connectivity index is 2.07. The second-order valence-corrected chi connectivity index (χ2v) is 4.16. The van der Waals surface area contributed by atoms with E-state index in [0.717, 1.165) is 37.1 Å². The van der Waals surface area contributed by atoms with Crippen LogP contribution in [0, 0.1) is 5.82 Å². The van der Waals surface area contributed by atoms with Gasteiger partial charge in [-0.1, -0.05) is 13.0 Å². The van der Waals surface area contributed by atoms with Gasteiger partial charge in [-0.2, -0.15) is 0 Å². The van der Waals surface area contributed by atoms with E-state index in [2.05, 4.69) is 12.2 Å². The van der Waals surface area contributed by atoms with Gasteiger partial charge in [0.2, 0.25) is 0 Å². The first-order chi connectivity index (χ1) is 7.81. The summed E-state index contributed by atoms with van der Waals surface area (Å²) in [5.41, 5.74) is 2.23. The third-order valence-electron chi connectivity index (χ3n) is 2.90. The van der Waals surface area contributed by atoms with E-state index in [0.29, 0.717) is 6.61 Å². The van der Waals surface area contributed by atoms with Crippen LogP contribution in [0.25, 0.3) is 0 Å². The van der Waals surface area contributed by atoms with Gasteiger partial charge in [0.1, 0.15) is 5.82 Å². The Bertz CT molecular complexity index is 354. The van der Waals surface area contributed by atoms with Crippen LogP contribution in [0.3, 0.4) is 0 Å². The molecule has 1 aliphatic heterocycles. The topological polar surface area (TPSA) is 21.3 Å². The number of fused-ring (bicyclic) bond motifs is 1. The zero-order chi connectivity index (χ0) is 11.4. The molecule has 1 aliphatic rings. The zero-order valence-electron chi connectivity index (χ0n) is 9.63. The fourth-order valence-corrected chi connectivity index (χ4v) is 2.08. The smallest absolute Gasteiger partial charge is 0.123 e. The molecule has 0 bridgehead atoms. The maximum atomic E-state index is 13.1. The maximum Gasteiger partial charge on any atom is 0.123 e. The molecule has 0 unspecified atom stereocenters. The second kappa shape index (κ2) is 5.41. The van der Waals surface area contributed by atoms with Gasteiger partial charge in [-0.05, 0) is 42.6 Å². The predicted octanol–water partition coefficient (Wildman–Crippen LogP) is 2.44. The summed E-state index contributed by atoms with van der Waals surface area (Å²) >= 11 is 0. The van der Waals surface area contributed by atoms with Gasteiger partial charge >= 0.3 is 0 Å². The van der Waals surface area contributed by atoms with Gasteiger partial charge < -0.3 is 10.1 Å². The minimum atomic E-state index is -0.152. The highest BCUT2D eigenvalue weighted by Gasteiger charge is 2.20. The molecule has 2 rings (SSSR count). The van der Waals surface area contributed by atoms with E-state index in [4.69, 9.17) is 4.74 Å². The number of hydrogen-bond acceptors (Lipinski definition) is 2. The molecule has 1 aromatic rings. The van der Waals surface area contributed by atoms with E-state index in [-0.39, 0.29) is 11.9 Å². The van der Waals surface area contributed by atoms with E-state index >= 15 is 0 Å². The van der Waals surface area contributed by atoms with Crippen molar-refractivity contribution in [2.45, 2.75) is 25.9 Å². The Morgan fingerprint density at radius 2 is 2.38 bits per heavy atom. The van der Waals surface area contributed by atoms with Crippen LogP contribution < -0.4 is 5.32 Å². The van der Waals surface area contributed by atoms with E-state index in [1.54, 1.807) is 6.07 Å². The van der Waals surface area contributed by atoms with Crippen molar-refractivity contribution in [2.75, 3.05) is 19.7 Å². The van der Waals surface area contributed by atoms with Crippen molar-refractivity contribution in [3.63, 3.8) is 0 Å². The van der Waals surface area contributed by atoms with Crippen molar-refractivity contribution in [1.29, 1.82) is 0 Å². The summed E-state index contributed by atoms with van der Waals surface area (Å²) in [5, 5.41) is 3.34. The fourth-order valence-electron chi connectivity index (χ4n) is 2.08. The van der Waals surface area contributed by atoms with Crippen LogP contribution >= 0.6 is 0 Å². The lowest BCUT2D eigenvalue weighted by atomic mass is 9.97. The Morgan fingerprint density at radius 3 is 3.19 bits per heavy atom. The molecule has 0 fully saturated rings. The lowest BCUT2D eigenvalue weighted by Gasteiger charge is -2.26. The molecule has 16 heavy (non-hydrogen) atoms. The summed E-state index contributed by atoms with van der Waals surface area (Å²) in [5.74, 6) is -0.152. The maximum absolute atomic E-state index is 13.1. The Kier molecular flexibility index (Phi) is 3.91.